The number of hydrogen-bond acceptors (Lipinski definition) is 2. The first-order chi connectivity index (χ1) is 10.1. The van der Waals surface area contributed by atoms with Crippen molar-refractivity contribution in [1.29, 1.82) is 0 Å². The highest BCUT2D eigenvalue weighted by Gasteiger charge is 2.35. The molecule has 1 aromatic heterocycles. The van der Waals surface area contributed by atoms with E-state index >= 15 is 0 Å². The minimum Gasteiger partial charge on any atom is -0.353 e. The first kappa shape index (κ1) is 14.1. The summed E-state index contributed by atoms with van der Waals surface area (Å²) in [5.41, 5.74) is 2.51. The van der Waals surface area contributed by atoms with Crippen molar-refractivity contribution in [3.63, 3.8) is 0 Å². The monoisotopic (exact) mass is 284 g/mol. The molecule has 0 saturated carbocycles. The number of rotatable bonds is 3. The van der Waals surface area contributed by atoms with E-state index in [0.717, 1.165) is 18.8 Å². The van der Waals surface area contributed by atoms with Crippen LogP contribution >= 0.6 is 0 Å². The normalized spacial score (nSPS) is 21.8. The van der Waals surface area contributed by atoms with Crippen LogP contribution in [-0.4, -0.2) is 23.7 Å². The molecule has 0 radical (unpaired) electrons. The highest BCUT2D eigenvalue weighted by atomic mass is 19.1. The topological polar surface area (TPSA) is 16.1 Å². The highest BCUT2D eigenvalue weighted by Crippen LogP contribution is 2.34. The molecule has 2 aromatic rings. The van der Waals surface area contributed by atoms with Crippen molar-refractivity contribution in [3.8, 4) is 11.1 Å². The van der Waals surface area contributed by atoms with Crippen LogP contribution in [0.5, 0.6) is 0 Å². The SMILES string of the molecule is CCc1c(-c2ccccc2)ccnc1N1CCC(C)(F)C1. The zero-order valence-corrected chi connectivity index (χ0v) is 12.6. The molecule has 1 unspecified atom stereocenters. The van der Waals surface area contributed by atoms with Gasteiger partial charge < -0.3 is 4.90 Å². The van der Waals surface area contributed by atoms with Gasteiger partial charge in [0.15, 0.2) is 0 Å². The van der Waals surface area contributed by atoms with Gasteiger partial charge in [0.1, 0.15) is 11.5 Å². The summed E-state index contributed by atoms with van der Waals surface area (Å²) in [6.07, 6.45) is 3.31. The second-order valence-electron chi connectivity index (χ2n) is 5.97. The minimum absolute atomic E-state index is 0.436. The van der Waals surface area contributed by atoms with Gasteiger partial charge in [0.05, 0.1) is 6.54 Å². The third-order valence-electron chi connectivity index (χ3n) is 4.19. The van der Waals surface area contributed by atoms with Crippen LogP contribution in [0, 0.1) is 0 Å². The van der Waals surface area contributed by atoms with Crippen LogP contribution in [0.15, 0.2) is 42.6 Å². The number of pyridine rings is 1. The smallest absolute Gasteiger partial charge is 0.132 e. The van der Waals surface area contributed by atoms with E-state index in [1.54, 1.807) is 6.92 Å². The Labute approximate surface area is 125 Å². The van der Waals surface area contributed by atoms with Crippen molar-refractivity contribution in [3.05, 3.63) is 48.2 Å². The zero-order valence-electron chi connectivity index (χ0n) is 12.6. The van der Waals surface area contributed by atoms with E-state index in [1.165, 1.54) is 16.7 Å². The van der Waals surface area contributed by atoms with E-state index in [4.69, 9.17) is 0 Å². The van der Waals surface area contributed by atoms with Crippen LogP contribution < -0.4 is 4.90 Å². The van der Waals surface area contributed by atoms with Gasteiger partial charge in [-0.1, -0.05) is 37.3 Å². The summed E-state index contributed by atoms with van der Waals surface area (Å²) in [7, 11) is 0. The Bertz CT molecular complexity index is 622. The van der Waals surface area contributed by atoms with Crippen LogP contribution in [-0.2, 0) is 6.42 Å². The Kier molecular flexibility index (Phi) is 3.66. The number of nitrogens with zero attached hydrogens (tertiary/aromatic N) is 2. The van der Waals surface area contributed by atoms with E-state index in [-0.39, 0.29) is 0 Å². The van der Waals surface area contributed by atoms with Crippen LogP contribution in [0.3, 0.4) is 0 Å². The molecule has 0 aliphatic carbocycles. The molecule has 2 nitrogen and oxygen atoms in total. The first-order valence-electron chi connectivity index (χ1n) is 7.58. The summed E-state index contributed by atoms with van der Waals surface area (Å²) in [5.74, 6) is 0.945. The van der Waals surface area contributed by atoms with Crippen molar-refractivity contribution in [2.45, 2.75) is 32.4 Å². The Balaban J connectivity index is 2.03. The molecule has 1 saturated heterocycles. The molecule has 0 bridgehead atoms. The van der Waals surface area contributed by atoms with E-state index in [9.17, 15) is 4.39 Å². The van der Waals surface area contributed by atoms with Crippen LogP contribution in [0.2, 0.25) is 0 Å². The molecule has 110 valence electrons. The van der Waals surface area contributed by atoms with Gasteiger partial charge in [0.2, 0.25) is 0 Å². The second-order valence-corrected chi connectivity index (χ2v) is 5.97. The zero-order chi connectivity index (χ0) is 14.9. The predicted octanol–water partition coefficient (Wildman–Crippen LogP) is 4.25. The molecule has 21 heavy (non-hydrogen) atoms. The number of anilines is 1. The van der Waals surface area contributed by atoms with E-state index in [2.05, 4.69) is 35.0 Å². The summed E-state index contributed by atoms with van der Waals surface area (Å²) in [4.78, 5) is 6.63. The van der Waals surface area contributed by atoms with Crippen molar-refractivity contribution < 1.29 is 4.39 Å². The van der Waals surface area contributed by atoms with Crippen LogP contribution in [0.4, 0.5) is 10.2 Å². The van der Waals surface area contributed by atoms with Gasteiger partial charge in [-0.05, 0) is 30.5 Å². The van der Waals surface area contributed by atoms with Gasteiger partial charge in [0.25, 0.3) is 0 Å². The van der Waals surface area contributed by atoms with Crippen LogP contribution in [0.1, 0.15) is 25.8 Å². The molecule has 0 spiro atoms. The molecule has 1 atom stereocenters. The van der Waals surface area contributed by atoms with Crippen molar-refractivity contribution in [2.24, 2.45) is 0 Å². The van der Waals surface area contributed by atoms with E-state index in [1.807, 2.05) is 24.4 Å². The maximum absolute atomic E-state index is 14.1. The molecule has 2 heterocycles. The first-order valence-corrected chi connectivity index (χ1v) is 7.58. The Morgan fingerprint density at radius 1 is 1.24 bits per heavy atom. The molecule has 1 aromatic carbocycles. The van der Waals surface area contributed by atoms with Crippen LogP contribution in [0.25, 0.3) is 11.1 Å². The lowest BCUT2D eigenvalue weighted by molar-refractivity contribution is 0.221. The molecule has 1 aliphatic rings. The number of aromatic nitrogens is 1. The Hall–Kier alpha value is -1.90. The average Bonchev–Trinajstić information content (AvgIpc) is 2.87. The van der Waals surface area contributed by atoms with E-state index < -0.39 is 5.67 Å². The van der Waals surface area contributed by atoms with Gasteiger partial charge in [-0.15, -0.1) is 0 Å². The van der Waals surface area contributed by atoms with Crippen molar-refractivity contribution in [1.82, 2.24) is 4.98 Å². The Morgan fingerprint density at radius 2 is 2.00 bits per heavy atom. The molecule has 1 fully saturated rings. The molecule has 0 amide bonds. The molecular formula is C18H21FN2. The molecule has 3 heteroatoms. The molecule has 1 aliphatic heterocycles. The highest BCUT2D eigenvalue weighted by molar-refractivity contribution is 5.72. The summed E-state index contributed by atoms with van der Waals surface area (Å²) in [6, 6.07) is 12.4. The largest absolute Gasteiger partial charge is 0.353 e. The van der Waals surface area contributed by atoms with Gasteiger partial charge in [-0.25, -0.2) is 9.37 Å². The van der Waals surface area contributed by atoms with E-state index in [0.29, 0.717) is 13.0 Å². The summed E-state index contributed by atoms with van der Waals surface area (Å²) in [6.45, 7) is 4.99. The standard InChI is InChI=1S/C18H21FN2/c1-3-15-16(14-7-5-4-6-8-14)9-11-20-17(15)21-12-10-18(2,19)13-21/h4-9,11H,3,10,12-13H2,1-2H3. The number of alkyl halides is 1. The second kappa shape index (κ2) is 5.47. The average molecular weight is 284 g/mol. The molecule has 3 rings (SSSR count). The predicted molar refractivity (Wildman–Crippen MR) is 85.4 cm³/mol. The molecular weight excluding hydrogens is 263 g/mol. The number of benzene rings is 1. The lowest BCUT2D eigenvalue weighted by atomic mass is 9.99. The maximum Gasteiger partial charge on any atom is 0.132 e. The minimum atomic E-state index is -1.10. The maximum atomic E-state index is 14.1. The van der Waals surface area contributed by atoms with Crippen molar-refractivity contribution >= 4 is 5.82 Å². The lowest BCUT2D eigenvalue weighted by Gasteiger charge is -2.23. The fourth-order valence-corrected chi connectivity index (χ4v) is 3.10. The summed E-state index contributed by atoms with van der Waals surface area (Å²) < 4.78 is 14.1. The van der Waals surface area contributed by atoms with Gasteiger partial charge in [-0.3, -0.25) is 0 Å². The van der Waals surface area contributed by atoms with Crippen molar-refractivity contribution in [2.75, 3.05) is 18.0 Å². The van der Waals surface area contributed by atoms with Gasteiger partial charge >= 0.3 is 0 Å². The fraction of sp³-hybridized carbons (Fsp3) is 0.389. The third kappa shape index (κ3) is 2.78. The third-order valence-corrected chi connectivity index (χ3v) is 4.19. The summed E-state index contributed by atoms with van der Waals surface area (Å²) in [5, 5.41) is 0. The lowest BCUT2D eigenvalue weighted by Crippen LogP contribution is -2.27. The molecule has 0 N–H and O–H groups in total. The van der Waals surface area contributed by atoms with Gasteiger partial charge in [-0.2, -0.15) is 0 Å². The fourth-order valence-electron chi connectivity index (χ4n) is 3.10. The van der Waals surface area contributed by atoms with Gasteiger partial charge in [0, 0.05) is 24.7 Å². The number of halogens is 1. The Morgan fingerprint density at radius 3 is 2.62 bits per heavy atom. The summed E-state index contributed by atoms with van der Waals surface area (Å²) >= 11 is 0. The number of hydrogen-bond donors (Lipinski definition) is 0. The quantitative estimate of drug-likeness (QED) is 0.837.